The van der Waals surface area contributed by atoms with Crippen molar-refractivity contribution in [2.45, 2.75) is 19.3 Å². The molecular weight excluding hydrogens is 358 g/mol. The monoisotopic (exact) mass is 385 g/mol. The number of benzene rings is 1. The number of likely N-dealkylation sites (N-methyl/N-ethyl adjacent to an activating group) is 1. The molecule has 3 N–H and O–H groups in total. The molecule has 1 unspecified atom stereocenters. The van der Waals surface area contributed by atoms with E-state index in [0.29, 0.717) is 29.5 Å². The van der Waals surface area contributed by atoms with Crippen LogP contribution in [0.15, 0.2) is 18.2 Å². The molecule has 0 saturated carbocycles. The van der Waals surface area contributed by atoms with Gasteiger partial charge in [0.25, 0.3) is 11.8 Å². The number of amides is 2. The topological polar surface area (TPSA) is 88.7 Å². The van der Waals surface area contributed by atoms with Crippen molar-refractivity contribution in [1.82, 2.24) is 16.0 Å². The van der Waals surface area contributed by atoms with Gasteiger partial charge in [-0.25, -0.2) is 0 Å². The molecule has 26 heavy (non-hydrogen) atoms. The van der Waals surface area contributed by atoms with Gasteiger partial charge in [0.1, 0.15) is 0 Å². The van der Waals surface area contributed by atoms with Gasteiger partial charge >= 0.3 is 0 Å². The number of rotatable bonds is 8. The first-order valence-electron chi connectivity index (χ1n) is 8.64. The number of ether oxygens (including phenoxy) is 2. The third-order valence-corrected chi connectivity index (χ3v) is 4.30. The third-order valence-electron chi connectivity index (χ3n) is 4.30. The average molecular weight is 386 g/mol. The van der Waals surface area contributed by atoms with Crippen molar-refractivity contribution < 1.29 is 19.1 Å². The van der Waals surface area contributed by atoms with E-state index >= 15 is 0 Å². The van der Waals surface area contributed by atoms with E-state index in [9.17, 15) is 9.59 Å². The Balaban J connectivity index is 0.00000338. The Kier molecular flexibility index (Phi) is 9.83. The molecule has 1 fully saturated rings. The maximum Gasteiger partial charge on any atom is 0.257 e. The van der Waals surface area contributed by atoms with Gasteiger partial charge in [-0.3, -0.25) is 9.59 Å². The van der Waals surface area contributed by atoms with E-state index in [-0.39, 0.29) is 30.8 Å². The molecule has 1 aliphatic rings. The first-order chi connectivity index (χ1) is 12.1. The maximum atomic E-state index is 12.3. The standard InChI is InChI=1S/C18H27N3O4.ClH/c1-19-17(22)12-25-15-6-5-14(10-16(15)24-2)18(23)21-9-7-13-4-3-8-20-11-13;/h5-6,10,13,20H,3-4,7-9,11-12H2,1-2H3,(H,19,22)(H,21,23);1H. The van der Waals surface area contributed by atoms with E-state index in [2.05, 4.69) is 16.0 Å². The predicted molar refractivity (Wildman–Crippen MR) is 102 cm³/mol. The lowest BCUT2D eigenvalue weighted by Crippen LogP contribution is -2.33. The van der Waals surface area contributed by atoms with Crippen LogP contribution in [0.5, 0.6) is 11.5 Å². The van der Waals surface area contributed by atoms with Crippen molar-refractivity contribution >= 4 is 24.2 Å². The second-order valence-electron chi connectivity index (χ2n) is 6.08. The van der Waals surface area contributed by atoms with Gasteiger partial charge in [0, 0.05) is 19.2 Å². The Bertz CT molecular complexity index is 592. The van der Waals surface area contributed by atoms with Crippen LogP contribution in [0.1, 0.15) is 29.6 Å². The number of methoxy groups -OCH3 is 1. The molecule has 1 aliphatic heterocycles. The van der Waals surface area contributed by atoms with E-state index in [1.807, 2.05) is 0 Å². The molecule has 1 saturated heterocycles. The lowest BCUT2D eigenvalue weighted by molar-refractivity contribution is -0.122. The fourth-order valence-electron chi connectivity index (χ4n) is 2.81. The zero-order valence-electron chi connectivity index (χ0n) is 15.3. The molecule has 2 rings (SSSR count). The van der Waals surface area contributed by atoms with Gasteiger partial charge in [0.2, 0.25) is 0 Å². The van der Waals surface area contributed by atoms with E-state index in [0.717, 1.165) is 19.5 Å². The number of halogens is 1. The van der Waals surface area contributed by atoms with Crippen LogP contribution in [0, 0.1) is 5.92 Å². The predicted octanol–water partition coefficient (Wildman–Crippen LogP) is 1.36. The molecule has 8 heteroatoms. The highest BCUT2D eigenvalue weighted by Crippen LogP contribution is 2.28. The Hall–Kier alpha value is -1.99. The first-order valence-corrected chi connectivity index (χ1v) is 8.64. The Morgan fingerprint density at radius 1 is 1.31 bits per heavy atom. The van der Waals surface area contributed by atoms with Crippen molar-refractivity contribution in [1.29, 1.82) is 0 Å². The minimum absolute atomic E-state index is 0. The summed E-state index contributed by atoms with van der Waals surface area (Å²) in [4.78, 5) is 23.6. The highest BCUT2D eigenvalue weighted by Gasteiger charge is 2.15. The summed E-state index contributed by atoms with van der Waals surface area (Å²) in [7, 11) is 3.04. The third kappa shape index (κ3) is 6.72. The van der Waals surface area contributed by atoms with Gasteiger partial charge in [-0.05, 0) is 56.5 Å². The van der Waals surface area contributed by atoms with E-state index < -0.39 is 0 Å². The second-order valence-corrected chi connectivity index (χ2v) is 6.08. The zero-order chi connectivity index (χ0) is 18.1. The van der Waals surface area contributed by atoms with Crippen molar-refractivity contribution in [3.63, 3.8) is 0 Å². The molecule has 1 aromatic carbocycles. The number of piperidine rings is 1. The van der Waals surface area contributed by atoms with Gasteiger partial charge in [0.05, 0.1) is 7.11 Å². The minimum Gasteiger partial charge on any atom is -0.493 e. The summed E-state index contributed by atoms with van der Waals surface area (Å²) in [5.41, 5.74) is 0.505. The quantitative estimate of drug-likeness (QED) is 0.628. The smallest absolute Gasteiger partial charge is 0.257 e. The van der Waals surface area contributed by atoms with E-state index in [4.69, 9.17) is 9.47 Å². The lowest BCUT2D eigenvalue weighted by Gasteiger charge is -2.22. The normalized spacial score (nSPS) is 16.2. The van der Waals surface area contributed by atoms with Gasteiger partial charge < -0.3 is 25.4 Å². The van der Waals surface area contributed by atoms with Crippen LogP contribution in [-0.2, 0) is 4.79 Å². The first kappa shape index (κ1) is 22.1. The molecule has 0 spiro atoms. The summed E-state index contributed by atoms with van der Waals surface area (Å²) in [5, 5.41) is 8.81. The average Bonchev–Trinajstić information content (AvgIpc) is 2.66. The summed E-state index contributed by atoms with van der Waals surface area (Å²) in [6, 6.07) is 4.93. The number of hydrogen-bond donors (Lipinski definition) is 3. The van der Waals surface area contributed by atoms with E-state index in [1.54, 1.807) is 25.2 Å². The fourth-order valence-corrected chi connectivity index (χ4v) is 2.81. The van der Waals surface area contributed by atoms with Crippen molar-refractivity contribution in [2.75, 3.05) is 40.4 Å². The number of hydrogen-bond acceptors (Lipinski definition) is 5. The molecule has 2 amide bonds. The number of carbonyl (C=O) groups excluding carboxylic acids is 2. The molecule has 0 bridgehead atoms. The Morgan fingerprint density at radius 3 is 2.77 bits per heavy atom. The Morgan fingerprint density at radius 2 is 2.12 bits per heavy atom. The largest absolute Gasteiger partial charge is 0.493 e. The molecule has 0 aromatic heterocycles. The number of nitrogens with one attached hydrogen (secondary N) is 3. The molecule has 7 nitrogen and oxygen atoms in total. The van der Waals surface area contributed by atoms with Gasteiger partial charge in [-0.15, -0.1) is 12.4 Å². The summed E-state index contributed by atoms with van der Waals surface area (Å²) in [5.74, 6) is 1.11. The van der Waals surface area contributed by atoms with Crippen LogP contribution < -0.4 is 25.4 Å². The highest BCUT2D eigenvalue weighted by molar-refractivity contribution is 5.94. The second kappa shape index (κ2) is 11.6. The lowest BCUT2D eigenvalue weighted by atomic mass is 9.96. The van der Waals surface area contributed by atoms with Crippen LogP contribution in [-0.4, -0.2) is 52.2 Å². The molecule has 1 heterocycles. The van der Waals surface area contributed by atoms with Crippen LogP contribution in [0.3, 0.4) is 0 Å². The van der Waals surface area contributed by atoms with Crippen LogP contribution in [0.2, 0.25) is 0 Å². The van der Waals surface area contributed by atoms with Crippen LogP contribution in [0.4, 0.5) is 0 Å². The summed E-state index contributed by atoms with van der Waals surface area (Å²) in [6.07, 6.45) is 3.39. The van der Waals surface area contributed by atoms with Crippen molar-refractivity contribution in [2.24, 2.45) is 5.92 Å². The van der Waals surface area contributed by atoms with Gasteiger partial charge in [0.15, 0.2) is 18.1 Å². The van der Waals surface area contributed by atoms with E-state index in [1.165, 1.54) is 20.0 Å². The molecule has 0 aliphatic carbocycles. The molecular formula is C18H28ClN3O4. The van der Waals surface area contributed by atoms with Gasteiger partial charge in [-0.2, -0.15) is 0 Å². The van der Waals surface area contributed by atoms with Gasteiger partial charge in [-0.1, -0.05) is 0 Å². The molecule has 1 atom stereocenters. The molecule has 146 valence electrons. The zero-order valence-corrected chi connectivity index (χ0v) is 16.1. The maximum absolute atomic E-state index is 12.3. The van der Waals surface area contributed by atoms with Crippen LogP contribution in [0.25, 0.3) is 0 Å². The van der Waals surface area contributed by atoms with Crippen molar-refractivity contribution in [3.05, 3.63) is 23.8 Å². The summed E-state index contributed by atoms with van der Waals surface area (Å²) in [6.45, 7) is 2.67. The number of carbonyl (C=O) groups is 2. The van der Waals surface area contributed by atoms with Crippen LogP contribution >= 0.6 is 12.4 Å². The van der Waals surface area contributed by atoms with Crippen molar-refractivity contribution in [3.8, 4) is 11.5 Å². The summed E-state index contributed by atoms with van der Waals surface area (Å²) < 4.78 is 10.7. The molecule has 0 radical (unpaired) electrons. The highest BCUT2D eigenvalue weighted by atomic mass is 35.5. The minimum atomic E-state index is -0.235. The fraction of sp³-hybridized carbons (Fsp3) is 0.556. The summed E-state index contributed by atoms with van der Waals surface area (Å²) >= 11 is 0. The SMILES string of the molecule is CNC(=O)COc1ccc(C(=O)NCCC2CCCNC2)cc1OC.Cl. The Labute approximate surface area is 160 Å². The molecule has 1 aromatic rings.